The smallest absolute Gasteiger partial charge is 0.0511 e. The zero-order valence-corrected chi connectivity index (χ0v) is 14.4. The average molecular weight is 340 g/mol. The lowest BCUT2D eigenvalue weighted by Gasteiger charge is -2.41. The first-order valence-electron chi connectivity index (χ1n) is 7.54. The Morgan fingerprint density at radius 1 is 1.40 bits per heavy atom. The number of anilines is 1. The van der Waals surface area contributed by atoms with Crippen LogP contribution >= 0.6 is 15.9 Å². The van der Waals surface area contributed by atoms with E-state index >= 15 is 0 Å². The summed E-state index contributed by atoms with van der Waals surface area (Å²) in [6, 6.07) is 7.48. The Morgan fingerprint density at radius 2 is 2.15 bits per heavy atom. The highest BCUT2D eigenvalue weighted by Crippen LogP contribution is 2.29. The SMILES string of the molecule is CCN1CCN(c2ccc(CC(C)N)cc2Br)CC1C. The molecule has 0 bridgehead atoms. The van der Waals surface area contributed by atoms with E-state index in [0.29, 0.717) is 6.04 Å². The van der Waals surface area contributed by atoms with Gasteiger partial charge in [0.25, 0.3) is 0 Å². The molecule has 0 spiro atoms. The molecule has 112 valence electrons. The predicted octanol–water partition coefficient (Wildman–Crippen LogP) is 2.87. The van der Waals surface area contributed by atoms with Gasteiger partial charge in [0.05, 0.1) is 5.69 Å². The first-order valence-corrected chi connectivity index (χ1v) is 8.33. The standard InChI is InChI=1S/C16H26BrN3/c1-4-19-7-8-20(11-13(19)3)16-6-5-14(9-12(2)18)10-15(16)17/h5-6,10,12-13H,4,7-9,11,18H2,1-3H3. The Balaban J connectivity index is 2.10. The van der Waals surface area contributed by atoms with Crippen molar-refractivity contribution in [2.24, 2.45) is 5.73 Å². The lowest BCUT2D eigenvalue weighted by molar-refractivity contribution is 0.199. The second-order valence-electron chi connectivity index (χ2n) is 5.89. The molecule has 2 unspecified atom stereocenters. The van der Waals surface area contributed by atoms with Crippen LogP contribution in [0.4, 0.5) is 5.69 Å². The van der Waals surface area contributed by atoms with Crippen LogP contribution in [0.2, 0.25) is 0 Å². The minimum absolute atomic E-state index is 0.209. The number of hydrogen-bond donors (Lipinski definition) is 1. The molecule has 0 aromatic heterocycles. The topological polar surface area (TPSA) is 32.5 Å². The van der Waals surface area contributed by atoms with Crippen molar-refractivity contribution in [1.29, 1.82) is 0 Å². The summed E-state index contributed by atoms with van der Waals surface area (Å²) in [5.41, 5.74) is 8.48. The molecule has 1 aromatic rings. The zero-order valence-electron chi connectivity index (χ0n) is 12.8. The predicted molar refractivity (Wildman–Crippen MR) is 90.4 cm³/mol. The van der Waals surface area contributed by atoms with E-state index in [1.54, 1.807) is 0 Å². The lowest BCUT2D eigenvalue weighted by Crippen LogP contribution is -2.51. The van der Waals surface area contributed by atoms with Crippen molar-refractivity contribution in [2.45, 2.75) is 39.3 Å². The maximum absolute atomic E-state index is 5.87. The van der Waals surface area contributed by atoms with Crippen LogP contribution in [0.3, 0.4) is 0 Å². The summed E-state index contributed by atoms with van der Waals surface area (Å²) in [5, 5.41) is 0. The summed E-state index contributed by atoms with van der Waals surface area (Å²) in [6.07, 6.45) is 0.929. The second-order valence-corrected chi connectivity index (χ2v) is 6.75. The third-order valence-electron chi connectivity index (χ3n) is 4.08. The molecule has 1 saturated heterocycles. The molecule has 4 heteroatoms. The molecule has 1 fully saturated rings. The fraction of sp³-hybridized carbons (Fsp3) is 0.625. The van der Waals surface area contributed by atoms with Gasteiger partial charge in [0.15, 0.2) is 0 Å². The quantitative estimate of drug-likeness (QED) is 0.915. The van der Waals surface area contributed by atoms with Crippen LogP contribution in [0, 0.1) is 0 Å². The third kappa shape index (κ3) is 3.74. The third-order valence-corrected chi connectivity index (χ3v) is 4.72. The summed E-state index contributed by atoms with van der Waals surface area (Å²) < 4.78 is 1.19. The molecular weight excluding hydrogens is 314 g/mol. The highest BCUT2D eigenvalue weighted by atomic mass is 79.9. The van der Waals surface area contributed by atoms with Crippen LogP contribution in [0.1, 0.15) is 26.3 Å². The fourth-order valence-electron chi connectivity index (χ4n) is 2.99. The van der Waals surface area contributed by atoms with Gasteiger partial charge >= 0.3 is 0 Å². The molecule has 2 atom stereocenters. The zero-order chi connectivity index (χ0) is 14.7. The molecule has 2 rings (SSSR count). The van der Waals surface area contributed by atoms with E-state index < -0.39 is 0 Å². The van der Waals surface area contributed by atoms with Crippen molar-refractivity contribution in [3.05, 3.63) is 28.2 Å². The van der Waals surface area contributed by atoms with E-state index in [-0.39, 0.29) is 6.04 Å². The summed E-state index contributed by atoms with van der Waals surface area (Å²) >= 11 is 3.73. The maximum atomic E-state index is 5.87. The molecule has 0 radical (unpaired) electrons. The van der Waals surface area contributed by atoms with Crippen molar-refractivity contribution in [3.8, 4) is 0 Å². The van der Waals surface area contributed by atoms with Crippen LogP contribution in [0.5, 0.6) is 0 Å². The number of rotatable bonds is 4. The molecule has 0 aliphatic carbocycles. The summed E-state index contributed by atoms with van der Waals surface area (Å²) in [4.78, 5) is 5.02. The van der Waals surface area contributed by atoms with Crippen LogP contribution < -0.4 is 10.6 Å². The molecule has 0 saturated carbocycles. The number of nitrogens with zero attached hydrogens (tertiary/aromatic N) is 2. The normalized spacial score (nSPS) is 22.1. The van der Waals surface area contributed by atoms with Gasteiger partial charge in [-0.05, 0) is 60.4 Å². The summed E-state index contributed by atoms with van der Waals surface area (Å²) in [7, 11) is 0. The van der Waals surface area contributed by atoms with E-state index in [0.717, 1.165) is 32.6 Å². The Hall–Kier alpha value is -0.580. The highest BCUT2D eigenvalue weighted by molar-refractivity contribution is 9.10. The Labute approximate surface area is 131 Å². The number of likely N-dealkylation sites (N-methyl/N-ethyl adjacent to an activating group) is 1. The molecular formula is C16H26BrN3. The second kappa shape index (κ2) is 6.92. The van der Waals surface area contributed by atoms with Gasteiger partial charge in [-0.25, -0.2) is 0 Å². The van der Waals surface area contributed by atoms with E-state index in [4.69, 9.17) is 5.73 Å². The van der Waals surface area contributed by atoms with Gasteiger partial charge in [-0.1, -0.05) is 13.0 Å². The van der Waals surface area contributed by atoms with Gasteiger partial charge in [0, 0.05) is 36.2 Å². The molecule has 1 aromatic carbocycles. The largest absolute Gasteiger partial charge is 0.368 e. The Bertz CT molecular complexity index is 447. The van der Waals surface area contributed by atoms with E-state index in [1.165, 1.54) is 15.7 Å². The van der Waals surface area contributed by atoms with Crippen molar-refractivity contribution in [2.75, 3.05) is 31.1 Å². The lowest BCUT2D eigenvalue weighted by atomic mass is 10.1. The number of nitrogens with two attached hydrogens (primary N) is 1. The maximum Gasteiger partial charge on any atom is 0.0511 e. The first kappa shape index (κ1) is 15.8. The van der Waals surface area contributed by atoms with Gasteiger partial charge in [-0.2, -0.15) is 0 Å². The minimum Gasteiger partial charge on any atom is -0.368 e. The number of piperazine rings is 1. The number of hydrogen-bond acceptors (Lipinski definition) is 3. The summed E-state index contributed by atoms with van der Waals surface area (Å²) in [5.74, 6) is 0. The monoisotopic (exact) mass is 339 g/mol. The van der Waals surface area contributed by atoms with Crippen LogP contribution in [0.15, 0.2) is 22.7 Å². The van der Waals surface area contributed by atoms with Crippen molar-refractivity contribution in [3.63, 3.8) is 0 Å². The number of halogens is 1. The molecule has 3 nitrogen and oxygen atoms in total. The summed E-state index contributed by atoms with van der Waals surface area (Å²) in [6.45, 7) is 11.1. The van der Waals surface area contributed by atoms with E-state index in [1.807, 2.05) is 6.92 Å². The van der Waals surface area contributed by atoms with Crippen molar-refractivity contribution < 1.29 is 0 Å². The van der Waals surface area contributed by atoms with Gasteiger partial charge < -0.3 is 10.6 Å². The van der Waals surface area contributed by atoms with E-state index in [2.05, 4.69) is 57.8 Å². The molecule has 2 N–H and O–H groups in total. The molecule has 20 heavy (non-hydrogen) atoms. The highest BCUT2D eigenvalue weighted by Gasteiger charge is 2.23. The Morgan fingerprint density at radius 3 is 2.70 bits per heavy atom. The molecule has 1 heterocycles. The number of benzene rings is 1. The first-order chi connectivity index (χ1) is 9.51. The van der Waals surface area contributed by atoms with Gasteiger partial charge in [-0.3, -0.25) is 4.90 Å². The van der Waals surface area contributed by atoms with Crippen molar-refractivity contribution >= 4 is 21.6 Å². The molecule has 0 amide bonds. The molecule has 1 aliphatic rings. The van der Waals surface area contributed by atoms with Crippen LogP contribution in [-0.2, 0) is 6.42 Å². The van der Waals surface area contributed by atoms with E-state index in [9.17, 15) is 0 Å². The average Bonchev–Trinajstić information content (AvgIpc) is 2.38. The fourth-order valence-corrected chi connectivity index (χ4v) is 3.67. The minimum atomic E-state index is 0.209. The van der Waals surface area contributed by atoms with Gasteiger partial charge in [0.1, 0.15) is 0 Å². The molecule has 1 aliphatic heterocycles. The van der Waals surface area contributed by atoms with Gasteiger partial charge in [-0.15, -0.1) is 0 Å². The van der Waals surface area contributed by atoms with Crippen molar-refractivity contribution in [1.82, 2.24) is 4.90 Å². The van der Waals surface area contributed by atoms with Crippen LogP contribution in [0.25, 0.3) is 0 Å². The van der Waals surface area contributed by atoms with Crippen LogP contribution in [-0.4, -0.2) is 43.2 Å². The van der Waals surface area contributed by atoms with Gasteiger partial charge in [0.2, 0.25) is 0 Å². The Kier molecular flexibility index (Phi) is 5.47.